The topological polar surface area (TPSA) is 108 Å². The zero-order chi connectivity index (χ0) is 14.9. The van der Waals surface area contributed by atoms with Gasteiger partial charge in [0, 0.05) is 26.2 Å². The Hall–Kier alpha value is -2.09. The van der Waals surface area contributed by atoms with E-state index >= 15 is 0 Å². The maximum absolute atomic E-state index is 12.2. The fourth-order valence-electron chi connectivity index (χ4n) is 2.36. The van der Waals surface area contributed by atoms with Crippen LogP contribution < -0.4 is 5.32 Å². The van der Waals surface area contributed by atoms with E-state index in [1.54, 1.807) is 17.9 Å². The van der Waals surface area contributed by atoms with Gasteiger partial charge < -0.3 is 20.4 Å². The molecule has 1 aliphatic rings. The number of aryl methyl sites for hydroxylation is 2. The van der Waals surface area contributed by atoms with Crippen LogP contribution in [0, 0.1) is 0 Å². The Morgan fingerprint density at radius 2 is 2.25 bits per heavy atom. The fraction of sp³-hybridized carbons (Fsp3) is 0.583. The zero-order valence-electron chi connectivity index (χ0n) is 11.4. The van der Waals surface area contributed by atoms with Crippen molar-refractivity contribution in [2.24, 2.45) is 7.05 Å². The number of carboxylic acids is 1. The summed E-state index contributed by atoms with van der Waals surface area (Å²) in [6, 6.07) is -1.52. The van der Waals surface area contributed by atoms with Crippen LogP contribution >= 0.6 is 0 Å². The number of hydrogen-bond acceptors (Lipinski definition) is 4. The molecule has 0 aliphatic carbocycles. The van der Waals surface area contributed by atoms with E-state index in [2.05, 4.69) is 10.4 Å². The van der Waals surface area contributed by atoms with E-state index in [-0.39, 0.29) is 13.0 Å². The molecule has 0 aromatic carbocycles. The molecule has 20 heavy (non-hydrogen) atoms. The lowest BCUT2D eigenvalue weighted by Crippen LogP contribution is -2.43. The molecule has 8 nitrogen and oxygen atoms in total. The molecular formula is C12H18N4O4. The van der Waals surface area contributed by atoms with Crippen molar-refractivity contribution in [3.05, 3.63) is 11.9 Å². The van der Waals surface area contributed by atoms with Gasteiger partial charge in [-0.1, -0.05) is 6.92 Å². The number of likely N-dealkylation sites (tertiary alicyclic amines) is 1. The highest BCUT2D eigenvalue weighted by atomic mass is 16.4. The molecule has 1 aromatic heterocycles. The fourth-order valence-corrected chi connectivity index (χ4v) is 2.36. The third-order valence-corrected chi connectivity index (χ3v) is 3.31. The van der Waals surface area contributed by atoms with Crippen LogP contribution in [0.5, 0.6) is 0 Å². The summed E-state index contributed by atoms with van der Waals surface area (Å²) < 4.78 is 1.59. The summed E-state index contributed by atoms with van der Waals surface area (Å²) in [4.78, 5) is 24.4. The van der Waals surface area contributed by atoms with Crippen LogP contribution in [0.4, 0.5) is 10.5 Å². The van der Waals surface area contributed by atoms with Gasteiger partial charge in [0.25, 0.3) is 0 Å². The molecule has 2 atom stereocenters. The van der Waals surface area contributed by atoms with Crippen molar-refractivity contribution in [3.8, 4) is 0 Å². The summed E-state index contributed by atoms with van der Waals surface area (Å²) in [7, 11) is 1.74. The number of urea groups is 1. The molecule has 110 valence electrons. The second-order valence-corrected chi connectivity index (χ2v) is 4.84. The highest BCUT2D eigenvalue weighted by molar-refractivity contribution is 5.93. The Morgan fingerprint density at radius 3 is 2.85 bits per heavy atom. The van der Waals surface area contributed by atoms with Gasteiger partial charge in [-0.2, -0.15) is 5.10 Å². The van der Waals surface area contributed by atoms with Crippen LogP contribution in [0.3, 0.4) is 0 Å². The quantitative estimate of drug-likeness (QED) is 0.725. The van der Waals surface area contributed by atoms with Crippen LogP contribution in [0.25, 0.3) is 0 Å². The van der Waals surface area contributed by atoms with E-state index in [1.807, 2.05) is 6.92 Å². The Morgan fingerprint density at radius 1 is 1.55 bits per heavy atom. The van der Waals surface area contributed by atoms with Gasteiger partial charge in [-0.05, 0) is 6.42 Å². The molecule has 0 unspecified atom stereocenters. The number of aliphatic hydroxyl groups excluding tert-OH is 1. The van der Waals surface area contributed by atoms with E-state index in [0.717, 1.165) is 10.6 Å². The monoisotopic (exact) mass is 282 g/mol. The lowest BCUT2D eigenvalue weighted by molar-refractivity contribution is -0.141. The molecule has 2 amide bonds. The smallest absolute Gasteiger partial charge is 0.326 e. The first kappa shape index (κ1) is 14.3. The number of rotatable bonds is 3. The van der Waals surface area contributed by atoms with E-state index in [4.69, 9.17) is 5.11 Å². The number of anilines is 1. The minimum absolute atomic E-state index is 0.0184. The number of aliphatic carboxylic acids is 1. The number of hydrogen-bond donors (Lipinski definition) is 3. The van der Waals surface area contributed by atoms with Crippen molar-refractivity contribution in [1.82, 2.24) is 14.7 Å². The van der Waals surface area contributed by atoms with Gasteiger partial charge in [0.1, 0.15) is 6.04 Å². The standard InChI is InChI=1S/C12H18N4O4/c1-3-8-9(6-15(2)14-8)13-12(20)16-5-7(17)4-10(16)11(18)19/h6-7,10,17H,3-5H2,1-2H3,(H,13,20)(H,18,19)/t7-,10-/m1/s1. The van der Waals surface area contributed by atoms with Crippen LogP contribution in [0.15, 0.2) is 6.20 Å². The summed E-state index contributed by atoms with van der Waals surface area (Å²) >= 11 is 0. The minimum Gasteiger partial charge on any atom is -0.480 e. The maximum Gasteiger partial charge on any atom is 0.326 e. The average Bonchev–Trinajstić information content (AvgIpc) is 2.92. The first-order valence-corrected chi connectivity index (χ1v) is 6.43. The highest BCUT2D eigenvalue weighted by Crippen LogP contribution is 2.21. The predicted octanol–water partition coefficient (Wildman–Crippen LogP) is 0.0342. The second kappa shape index (κ2) is 5.49. The lowest BCUT2D eigenvalue weighted by atomic mass is 10.2. The summed E-state index contributed by atoms with van der Waals surface area (Å²) in [6.45, 7) is 1.93. The van der Waals surface area contributed by atoms with Crippen molar-refractivity contribution in [1.29, 1.82) is 0 Å². The number of amides is 2. The lowest BCUT2D eigenvalue weighted by Gasteiger charge is -2.21. The third-order valence-electron chi connectivity index (χ3n) is 3.31. The highest BCUT2D eigenvalue weighted by Gasteiger charge is 2.39. The van der Waals surface area contributed by atoms with Crippen molar-refractivity contribution in [2.45, 2.75) is 31.9 Å². The van der Waals surface area contributed by atoms with Crippen molar-refractivity contribution < 1.29 is 19.8 Å². The van der Waals surface area contributed by atoms with E-state index < -0.39 is 24.1 Å². The molecule has 1 aliphatic heterocycles. The third kappa shape index (κ3) is 2.74. The SMILES string of the molecule is CCc1nn(C)cc1NC(=O)N1C[C@H](O)C[C@@H]1C(=O)O. The van der Waals surface area contributed by atoms with E-state index in [9.17, 15) is 14.7 Å². The average molecular weight is 282 g/mol. The normalized spacial score (nSPS) is 22.1. The molecule has 2 rings (SSSR count). The molecule has 0 spiro atoms. The molecule has 1 saturated heterocycles. The number of nitrogens with zero attached hydrogens (tertiary/aromatic N) is 3. The van der Waals surface area contributed by atoms with Crippen LogP contribution in [0.1, 0.15) is 19.0 Å². The number of aliphatic hydroxyl groups is 1. The summed E-state index contributed by atoms with van der Waals surface area (Å²) in [6.07, 6.45) is 1.57. The van der Waals surface area contributed by atoms with Gasteiger partial charge in [0.05, 0.1) is 17.5 Å². The summed E-state index contributed by atoms with van der Waals surface area (Å²) in [5.41, 5.74) is 1.29. The molecule has 8 heteroatoms. The van der Waals surface area contributed by atoms with Crippen LogP contribution in [-0.2, 0) is 18.3 Å². The number of carbonyl (C=O) groups is 2. The van der Waals surface area contributed by atoms with E-state index in [0.29, 0.717) is 12.1 Å². The van der Waals surface area contributed by atoms with Gasteiger partial charge >= 0.3 is 12.0 Å². The largest absolute Gasteiger partial charge is 0.480 e. The van der Waals surface area contributed by atoms with Gasteiger partial charge in [-0.25, -0.2) is 9.59 Å². The minimum atomic E-state index is -1.11. The van der Waals surface area contributed by atoms with Crippen molar-refractivity contribution >= 4 is 17.7 Å². The first-order valence-electron chi connectivity index (χ1n) is 6.43. The Labute approximate surface area is 116 Å². The van der Waals surface area contributed by atoms with Gasteiger partial charge in [-0.3, -0.25) is 4.68 Å². The molecular weight excluding hydrogens is 264 g/mol. The maximum atomic E-state index is 12.2. The summed E-state index contributed by atoms with van der Waals surface area (Å²) in [5, 5.41) is 25.5. The Balaban J connectivity index is 2.13. The second-order valence-electron chi connectivity index (χ2n) is 4.84. The van der Waals surface area contributed by atoms with Gasteiger partial charge in [0.2, 0.25) is 0 Å². The number of nitrogens with one attached hydrogen (secondary N) is 1. The first-order chi connectivity index (χ1) is 9.42. The Kier molecular flexibility index (Phi) is 3.93. The molecule has 2 heterocycles. The van der Waals surface area contributed by atoms with Crippen LogP contribution in [-0.4, -0.2) is 55.6 Å². The van der Waals surface area contributed by atoms with Crippen molar-refractivity contribution in [3.63, 3.8) is 0 Å². The molecule has 0 saturated carbocycles. The number of carboxylic acid groups (broad SMARTS) is 1. The number of carbonyl (C=O) groups excluding carboxylic acids is 1. The molecule has 3 N–H and O–H groups in total. The zero-order valence-corrected chi connectivity index (χ0v) is 11.4. The Bertz CT molecular complexity index is 528. The number of β-amino-alcohol motifs (C(OH)–C–C–N with tert-alkyl or cyclic N) is 1. The van der Waals surface area contributed by atoms with Crippen LogP contribution in [0.2, 0.25) is 0 Å². The molecule has 1 fully saturated rings. The van der Waals surface area contributed by atoms with E-state index in [1.165, 1.54) is 0 Å². The van der Waals surface area contributed by atoms with Gasteiger partial charge in [-0.15, -0.1) is 0 Å². The summed E-state index contributed by atoms with van der Waals surface area (Å²) in [5.74, 6) is -1.11. The molecule has 0 radical (unpaired) electrons. The van der Waals surface area contributed by atoms with Gasteiger partial charge in [0.15, 0.2) is 0 Å². The number of aromatic nitrogens is 2. The van der Waals surface area contributed by atoms with Crippen molar-refractivity contribution in [2.75, 3.05) is 11.9 Å². The molecule has 1 aromatic rings. The molecule has 0 bridgehead atoms. The predicted molar refractivity (Wildman–Crippen MR) is 70.4 cm³/mol.